The van der Waals surface area contributed by atoms with Crippen LogP contribution >= 0.6 is 0 Å². The molecule has 1 aliphatic rings. The molecule has 2 rings (SSSR count). The van der Waals surface area contributed by atoms with Crippen LogP contribution in [0.3, 0.4) is 0 Å². The average molecular weight is 281 g/mol. The summed E-state index contributed by atoms with van der Waals surface area (Å²) in [4.78, 5) is 1.84. The molecule has 3 N–H and O–H groups in total. The second-order valence-corrected chi connectivity index (χ2v) is 5.06. The smallest absolute Gasteiger partial charge is 0.175 e. The Bertz CT molecular complexity index is 489. The van der Waals surface area contributed by atoms with Crippen molar-refractivity contribution in [1.29, 1.82) is 0 Å². The molecule has 0 spiro atoms. The Morgan fingerprint density at radius 1 is 1.55 bits per heavy atom. The van der Waals surface area contributed by atoms with Crippen molar-refractivity contribution in [2.45, 2.75) is 12.8 Å². The Balaban J connectivity index is 2.00. The zero-order chi connectivity index (χ0) is 14.5. The van der Waals surface area contributed by atoms with E-state index >= 15 is 0 Å². The molecule has 0 atom stereocenters. The van der Waals surface area contributed by atoms with E-state index in [-0.39, 0.29) is 11.4 Å². The maximum absolute atomic E-state index is 13.8. The minimum Gasteiger partial charge on any atom is -0.409 e. The first-order valence-electron chi connectivity index (χ1n) is 6.68. The zero-order valence-corrected chi connectivity index (χ0v) is 11.6. The summed E-state index contributed by atoms with van der Waals surface area (Å²) < 4.78 is 19.4. The number of halogens is 1. The van der Waals surface area contributed by atoms with Gasteiger partial charge in [-0.2, -0.15) is 0 Å². The first kappa shape index (κ1) is 14.6. The predicted octanol–water partition coefficient (Wildman–Crippen LogP) is 1.78. The highest BCUT2D eigenvalue weighted by molar-refractivity contribution is 6.02. The molecule has 0 amide bonds. The lowest BCUT2D eigenvalue weighted by Gasteiger charge is -2.22. The summed E-state index contributed by atoms with van der Waals surface area (Å²) in [5.41, 5.74) is 6.23. The fourth-order valence-corrected chi connectivity index (χ4v) is 1.99. The number of nitrogens with two attached hydrogens (primary N) is 1. The van der Waals surface area contributed by atoms with Crippen molar-refractivity contribution >= 4 is 11.5 Å². The monoisotopic (exact) mass is 281 g/mol. The number of anilines is 1. The van der Waals surface area contributed by atoms with Crippen LogP contribution in [0.25, 0.3) is 0 Å². The van der Waals surface area contributed by atoms with E-state index in [0.717, 1.165) is 12.5 Å². The molecule has 0 saturated heterocycles. The van der Waals surface area contributed by atoms with E-state index in [1.807, 2.05) is 11.9 Å². The molecule has 1 saturated carbocycles. The lowest BCUT2D eigenvalue weighted by atomic mass is 10.1. The quantitative estimate of drug-likeness (QED) is 0.263. The minimum absolute atomic E-state index is 0.111. The number of nitrogens with zero attached hydrogens (tertiary/aromatic N) is 2. The van der Waals surface area contributed by atoms with Crippen LogP contribution < -0.4 is 10.6 Å². The van der Waals surface area contributed by atoms with Crippen LogP contribution in [0, 0.1) is 11.7 Å². The van der Waals surface area contributed by atoms with Crippen molar-refractivity contribution in [1.82, 2.24) is 0 Å². The summed E-state index contributed by atoms with van der Waals surface area (Å²) in [6, 6.07) is 4.62. The van der Waals surface area contributed by atoms with Gasteiger partial charge in [-0.3, -0.25) is 0 Å². The summed E-state index contributed by atoms with van der Waals surface area (Å²) in [5.74, 6) is -0.0189. The van der Waals surface area contributed by atoms with Gasteiger partial charge in [0.05, 0.1) is 17.9 Å². The second kappa shape index (κ2) is 6.56. The van der Waals surface area contributed by atoms with Crippen LogP contribution in [0.1, 0.15) is 18.4 Å². The van der Waals surface area contributed by atoms with Crippen LogP contribution in [0.5, 0.6) is 0 Å². The molecular formula is C14H20FN3O2. The predicted molar refractivity (Wildman–Crippen MR) is 75.7 cm³/mol. The van der Waals surface area contributed by atoms with Gasteiger partial charge in [0.15, 0.2) is 5.84 Å². The first-order chi connectivity index (χ1) is 9.63. The highest BCUT2D eigenvalue weighted by Gasteiger charge is 2.21. The van der Waals surface area contributed by atoms with E-state index in [1.165, 1.54) is 18.9 Å². The lowest BCUT2D eigenvalue weighted by molar-refractivity contribution is 0.131. The molecule has 0 unspecified atom stereocenters. The van der Waals surface area contributed by atoms with Crippen molar-refractivity contribution in [2.75, 3.05) is 31.7 Å². The van der Waals surface area contributed by atoms with Gasteiger partial charge in [0.25, 0.3) is 0 Å². The molecule has 1 aromatic rings. The van der Waals surface area contributed by atoms with Crippen molar-refractivity contribution in [2.24, 2.45) is 16.8 Å². The van der Waals surface area contributed by atoms with Gasteiger partial charge in [-0.25, -0.2) is 4.39 Å². The van der Waals surface area contributed by atoms with E-state index in [0.29, 0.717) is 18.8 Å². The summed E-state index contributed by atoms with van der Waals surface area (Å²) in [6.07, 6.45) is 2.51. The minimum atomic E-state index is -0.511. The normalized spacial score (nSPS) is 15.4. The van der Waals surface area contributed by atoms with Crippen LogP contribution in [-0.4, -0.2) is 37.8 Å². The number of rotatable bonds is 7. The number of ether oxygens (including phenoxy) is 1. The highest BCUT2D eigenvalue weighted by atomic mass is 19.1. The van der Waals surface area contributed by atoms with Crippen LogP contribution in [0.2, 0.25) is 0 Å². The van der Waals surface area contributed by atoms with E-state index in [4.69, 9.17) is 15.7 Å². The Morgan fingerprint density at radius 2 is 2.30 bits per heavy atom. The summed E-state index contributed by atoms with van der Waals surface area (Å²) in [5, 5.41) is 11.6. The van der Waals surface area contributed by atoms with Crippen LogP contribution in [0.4, 0.5) is 10.1 Å². The Hall–Kier alpha value is -1.82. The number of amidine groups is 1. The van der Waals surface area contributed by atoms with Crippen molar-refractivity contribution in [3.63, 3.8) is 0 Å². The van der Waals surface area contributed by atoms with Gasteiger partial charge in [-0.15, -0.1) is 0 Å². The molecule has 1 fully saturated rings. The third kappa shape index (κ3) is 3.60. The summed E-state index contributed by atoms with van der Waals surface area (Å²) >= 11 is 0. The maximum Gasteiger partial charge on any atom is 0.175 e. The molecule has 20 heavy (non-hydrogen) atoms. The molecule has 110 valence electrons. The van der Waals surface area contributed by atoms with Gasteiger partial charge in [-0.1, -0.05) is 11.2 Å². The molecule has 5 nitrogen and oxygen atoms in total. The fourth-order valence-electron chi connectivity index (χ4n) is 1.99. The number of hydrogen-bond donors (Lipinski definition) is 2. The number of likely N-dealkylation sites (N-methyl/N-ethyl adjacent to an activating group) is 1. The van der Waals surface area contributed by atoms with Gasteiger partial charge >= 0.3 is 0 Å². The van der Waals surface area contributed by atoms with Gasteiger partial charge in [-0.05, 0) is 30.9 Å². The topological polar surface area (TPSA) is 71.1 Å². The summed E-state index contributed by atoms with van der Waals surface area (Å²) in [6.45, 7) is 1.98. The van der Waals surface area contributed by atoms with Crippen LogP contribution in [-0.2, 0) is 4.74 Å². The maximum atomic E-state index is 13.8. The second-order valence-electron chi connectivity index (χ2n) is 5.06. The molecular weight excluding hydrogens is 261 g/mol. The third-order valence-corrected chi connectivity index (χ3v) is 3.39. The number of benzene rings is 1. The van der Waals surface area contributed by atoms with E-state index in [1.54, 1.807) is 12.1 Å². The Labute approximate surface area is 117 Å². The van der Waals surface area contributed by atoms with Gasteiger partial charge in [0, 0.05) is 20.2 Å². The van der Waals surface area contributed by atoms with Gasteiger partial charge < -0.3 is 20.6 Å². The third-order valence-electron chi connectivity index (χ3n) is 3.39. The lowest BCUT2D eigenvalue weighted by Crippen LogP contribution is -2.27. The summed E-state index contributed by atoms with van der Waals surface area (Å²) in [7, 11) is 1.82. The SMILES string of the molecule is CN(CCOCC1CC1)c1cccc(F)c1/C(N)=N/O. The molecule has 1 aliphatic carbocycles. The highest BCUT2D eigenvalue weighted by Crippen LogP contribution is 2.28. The Morgan fingerprint density at radius 3 is 2.95 bits per heavy atom. The Kier molecular flexibility index (Phi) is 4.79. The van der Waals surface area contributed by atoms with E-state index in [9.17, 15) is 4.39 Å². The van der Waals surface area contributed by atoms with Crippen molar-refractivity contribution in [3.05, 3.63) is 29.6 Å². The first-order valence-corrected chi connectivity index (χ1v) is 6.68. The molecule has 0 aliphatic heterocycles. The molecule has 0 radical (unpaired) electrons. The van der Waals surface area contributed by atoms with Crippen LogP contribution in [0.15, 0.2) is 23.4 Å². The molecule has 0 aromatic heterocycles. The standard InChI is InChI=1S/C14H20FN3O2/c1-18(7-8-20-9-10-5-6-10)12-4-2-3-11(15)13(12)14(16)17-19/h2-4,10,19H,5-9H2,1H3,(H2,16,17). The molecule has 0 heterocycles. The molecule has 6 heteroatoms. The van der Waals surface area contributed by atoms with Crippen molar-refractivity contribution in [3.8, 4) is 0 Å². The van der Waals surface area contributed by atoms with Gasteiger partial charge in [0.2, 0.25) is 0 Å². The van der Waals surface area contributed by atoms with E-state index in [2.05, 4.69) is 5.16 Å². The van der Waals surface area contributed by atoms with Crippen molar-refractivity contribution < 1.29 is 14.3 Å². The molecule has 0 bridgehead atoms. The zero-order valence-electron chi connectivity index (χ0n) is 11.6. The number of hydrogen-bond acceptors (Lipinski definition) is 4. The largest absolute Gasteiger partial charge is 0.409 e. The molecule has 1 aromatic carbocycles. The average Bonchev–Trinajstić information content (AvgIpc) is 3.26. The van der Waals surface area contributed by atoms with E-state index < -0.39 is 5.82 Å². The number of oxime groups is 1. The van der Waals surface area contributed by atoms with Gasteiger partial charge in [0.1, 0.15) is 5.82 Å². The fraction of sp³-hybridized carbons (Fsp3) is 0.500.